The molecule has 0 bridgehead atoms. The number of hydrogen-bond acceptors (Lipinski definition) is 8. The molecule has 3 N–H and O–H groups in total. The summed E-state index contributed by atoms with van der Waals surface area (Å²) in [7, 11) is -4.51. The zero-order valence-electron chi connectivity index (χ0n) is 36.6. The third-order valence-corrected chi connectivity index (χ3v) is 11.4. The number of phosphoric acid groups is 1. The van der Waals surface area contributed by atoms with Crippen molar-refractivity contribution < 1.29 is 43.0 Å². The van der Waals surface area contributed by atoms with Crippen molar-refractivity contribution in [3.05, 3.63) is 12.2 Å². The number of hydrogen-bond donors (Lipinski definition) is 3. The fraction of sp³-hybridized carbons (Fsp3) is 0.935. The van der Waals surface area contributed by atoms with Crippen molar-refractivity contribution in [2.75, 3.05) is 33.0 Å². The number of ether oxygens (including phenoxy) is 2. The second-order valence-corrected chi connectivity index (χ2v) is 17.6. The third kappa shape index (κ3) is 42.8. The van der Waals surface area contributed by atoms with Crippen molar-refractivity contribution in [1.29, 1.82) is 0 Å². The smallest absolute Gasteiger partial charge is 0.457 e. The van der Waals surface area contributed by atoms with Crippen LogP contribution >= 0.6 is 7.82 Å². The van der Waals surface area contributed by atoms with Crippen LogP contribution in [0.5, 0.6) is 0 Å². The molecule has 3 unspecified atom stereocenters. The van der Waals surface area contributed by atoms with Gasteiger partial charge in [0.25, 0.3) is 0 Å². The topological polar surface area (TPSA) is 132 Å². The summed E-state index contributed by atoms with van der Waals surface area (Å²) < 4.78 is 33.5. The maximum absolute atomic E-state index is 12.6. The Hall–Kier alpha value is -0.800. The van der Waals surface area contributed by atoms with Gasteiger partial charge in [-0.2, -0.15) is 0 Å². The lowest BCUT2D eigenvalue weighted by atomic mass is 10.0. The van der Waals surface area contributed by atoms with E-state index in [0.29, 0.717) is 6.61 Å². The minimum atomic E-state index is -4.51. The number of unbranched alkanes of at least 4 members (excludes halogenated alkanes) is 30. The zero-order valence-corrected chi connectivity index (χ0v) is 37.5. The summed E-state index contributed by atoms with van der Waals surface area (Å²) in [5.74, 6) is -0.382. The van der Waals surface area contributed by atoms with E-state index < -0.39 is 33.2 Å². The summed E-state index contributed by atoms with van der Waals surface area (Å²) in [6.45, 7) is 3.56. The van der Waals surface area contributed by atoms with Gasteiger partial charge in [-0.3, -0.25) is 13.8 Å². The summed E-state index contributed by atoms with van der Waals surface area (Å²) in [5.41, 5.74) is 0. The van der Waals surface area contributed by atoms with Crippen LogP contribution < -0.4 is 0 Å². The highest BCUT2D eigenvalue weighted by atomic mass is 31.2. The van der Waals surface area contributed by atoms with Gasteiger partial charge in [0.1, 0.15) is 12.2 Å². The molecule has 334 valence electrons. The van der Waals surface area contributed by atoms with Crippen LogP contribution in [0.4, 0.5) is 0 Å². The van der Waals surface area contributed by atoms with Crippen LogP contribution in [0.15, 0.2) is 12.2 Å². The fourth-order valence-corrected chi connectivity index (χ4v) is 7.61. The van der Waals surface area contributed by atoms with Crippen molar-refractivity contribution in [1.82, 2.24) is 0 Å². The highest BCUT2D eigenvalue weighted by Gasteiger charge is 2.26. The predicted octanol–water partition coefficient (Wildman–Crippen LogP) is 13.3. The average Bonchev–Trinajstić information content (AvgIpc) is 3.19. The van der Waals surface area contributed by atoms with E-state index in [-0.39, 0.29) is 25.6 Å². The molecule has 0 saturated carbocycles. The Labute approximate surface area is 345 Å². The van der Waals surface area contributed by atoms with E-state index in [0.717, 1.165) is 44.9 Å². The summed E-state index contributed by atoms with van der Waals surface area (Å²) in [5, 5.41) is 18.4. The summed E-state index contributed by atoms with van der Waals surface area (Å²) in [4.78, 5) is 22.6. The number of aliphatic hydroxyl groups is 2. The van der Waals surface area contributed by atoms with Crippen LogP contribution in [0.1, 0.15) is 232 Å². The molecule has 10 heteroatoms. The van der Waals surface area contributed by atoms with Gasteiger partial charge in [0, 0.05) is 13.0 Å². The molecular weight excluding hydrogens is 727 g/mol. The molecule has 0 saturated heterocycles. The molecule has 0 spiro atoms. The molecule has 0 fully saturated rings. The van der Waals surface area contributed by atoms with Crippen LogP contribution in [-0.2, 0) is 27.9 Å². The van der Waals surface area contributed by atoms with Crippen molar-refractivity contribution in [3.63, 3.8) is 0 Å². The van der Waals surface area contributed by atoms with Crippen LogP contribution in [0.2, 0.25) is 0 Å². The first-order valence-electron chi connectivity index (χ1n) is 23.7. The Morgan fingerprint density at radius 3 is 1.34 bits per heavy atom. The van der Waals surface area contributed by atoms with Crippen molar-refractivity contribution in [2.45, 2.75) is 244 Å². The molecule has 9 nitrogen and oxygen atoms in total. The number of esters is 1. The molecule has 0 rings (SSSR count). The van der Waals surface area contributed by atoms with E-state index in [1.807, 2.05) is 0 Å². The number of carbonyl (C=O) groups is 1. The lowest BCUT2D eigenvalue weighted by Gasteiger charge is -2.20. The van der Waals surface area contributed by atoms with Crippen molar-refractivity contribution in [2.24, 2.45) is 0 Å². The second kappa shape index (κ2) is 43.8. The Morgan fingerprint density at radius 2 is 0.911 bits per heavy atom. The monoisotopic (exact) mass is 819 g/mol. The summed E-state index contributed by atoms with van der Waals surface area (Å²) in [6, 6.07) is 0. The van der Waals surface area contributed by atoms with Crippen LogP contribution in [-0.4, -0.2) is 66.3 Å². The molecule has 0 aliphatic carbocycles. The number of phosphoric ester groups is 1. The third-order valence-electron chi connectivity index (χ3n) is 10.5. The van der Waals surface area contributed by atoms with E-state index in [4.69, 9.17) is 23.6 Å². The molecule has 0 aliphatic rings. The van der Waals surface area contributed by atoms with Gasteiger partial charge in [0.15, 0.2) is 0 Å². The van der Waals surface area contributed by atoms with E-state index in [2.05, 4.69) is 26.0 Å². The Balaban J connectivity index is 4.09. The molecular formula is C46H91O9P. The second-order valence-electron chi connectivity index (χ2n) is 16.1. The minimum absolute atomic E-state index is 0.0538. The minimum Gasteiger partial charge on any atom is -0.457 e. The normalized spacial score (nSPS) is 14.0. The predicted molar refractivity (Wildman–Crippen MR) is 233 cm³/mol. The van der Waals surface area contributed by atoms with E-state index in [1.165, 1.54) is 167 Å². The van der Waals surface area contributed by atoms with Crippen molar-refractivity contribution in [3.8, 4) is 0 Å². The van der Waals surface area contributed by atoms with Crippen molar-refractivity contribution >= 4 is 13.8 Å². The highest BCUT2D eigenvalue weighted by Crippen LogP contribution is 2.43. The molecule has 0 aromatic carbocycles. The molecule has 0 aromatic rings. The lowest BCUT2D eigenvalue weighted by Crippen LogP contribution is -2.29. The van der Waals surface area contributed by atoms with Gasteiger partial charge in [0.2, 0.25) is 0 Å². The van der Waals surface area contributed by atoms with Crippen LogP contribution in [0.3, 0.4) is 0 Å². The van der Waals surface area contributed by atoms with Crippen LogP contribution in [0, 0.1) is 0 Å². The molecule has 0 amide bonds. The van der Waals surface area contributed by atoms with Gasteiger partial charge < -0.3 is 24.6 Å². The lowest BCUT2D eigenvalue weighted by molar-refractivity contribution is -0.154. The van der Waals surface area contributed by atoms with Gasteiger partial charge in [-0.15, -0.1) is 0 Å². The molecule has 0 aliphatic heterocycles. The first kappa shape index (κ1) is 55.2. The van der Waals surface area contributed by atoms with E-state index in [1.54, 1.807) is 0 Å². The first-order chi connectivity index (χ1) is 27.3. The summed E-state index contributed by atoms with van der Waals surface area (Å²) >= 11 is 0. The molecule has 56 heavy (non-hydrogen) atoms. The largest absolute Gasteiger partial charge is 0.472 e. The Kier molecular flexibility index (Phi) is 43.1. The Bertz CT molecular complexity index is 887. The van der Waals surface area contributed by atoms with E-state index in [9.17, 15) is 19.4 Å². The number of aliphatic hydroxyl groups excluding tert-OH is 2. The number of allylic oxidation sites excluding steroid dienone is 2. The van der Waals surface area contributed by atoms with E-state index >= 15 is 0 Å². The molecule has 3 atom stereocenters. The van der Waals surface area contributed by atoms with Gasteiger partial charge >= 0.3 is 13.8 Å². The fourth-order valence-electron chi connectivity index (χ4n) is 6.82. The average molecular weight is 819 g/mol. The zero-order chi connectivity index (χ0) is 41.1. The maximum Gasteiger partial charge on any atom is 0.472 e. The van der Waals surface area contributed by atoms with Gasteiger partial charge in [-0.25, -0.2) is 4.57 Å². The van der Waals surface area contributed by atoms with Gasteiger partial charge in [0.05, 0.1) is 26.4 Å². The maximum atomic E-state index is 12.6. The molecule has 0 aromatic heterocycles. The standard InChI is InChI=1S/C46H91O9P/c1-3-5-7-9-11-13-15-17-19-21-23-25-27-29-31-33-35-37-39-52-42-45(43-54-56(50,51)53-41-44(48)40-47)55-46(49)38-36-34-32-30-28-26-24-22-20-18-16-14-12-10-8-6-4-2/h18,20,44-45,47-48H,3-17,19,21-43H2,1-2H3,(H,50,51)/b20-18-. The molecule has 0 heterocycles. The Morgan fingerprint density at radius 1 is 0.536 bits per heavy atom. The molecule has 0 radical (unpaired) electrons. The highest BCUT2D eigenvalue weighted by molar-refractivity contribution is 7.47. The first-order valence-corrected chi connectivity index (χ1v) is 25.2. The summed E-state index contributed by atoms with van der Waals surface area (Å²) in [6.07, 6.45) is 44.5. The number of rotatable bonds is 46. The number of carbonyl (C=O) groups excluding carboxylic acids is 1. The van der Waals surface area contributed by atoms with Gasteiger partial charge in [-0.05, 0) is 38.5 Å². The van der Waals surface area contributed by atoms with Crippen LogP contribution in [0.25, 0.3) is 0 Å². The SMILES string of the molecule is CCCCCCCC/C=C\CCCCCCCCCC(=O)OC(COCCCCCCCCCCCCCCCCCCCC)COP(=O)(O)OCC(O)CO. The van der Waals surface area contributed by atoms with Gasteiger partial charge in [-0.1, -0.05) is 199 Å². The quantitative estimate of drug-likeness (QED) is 0.0238.